The van der Waals surface area contributed by atoms with Crippen molar-refractivity contribution in [3.05, 3.63) is 17.5 Å². The van der Waals surface area contributed by atoms with E-state index in [1.54, 1.807) is 0 Å². The van der Waals surface area contributed by atoms with Crippen molar-refractivity contribution in [3.63, 3.8) is 0 Å². The number of rotatable bonds is 5. The van der Waals surface area contributed by atoms with Gasteiger partial charge in [0.1, 0.15) is 0 Å². The van der Waals surface area contributed by atoms with Crippen LogP contribution >= 0.6 is 0 Å². The van der Waals surface area contributed by atoms with Crippen molar-refractivity contribution >= 4 is 11.9 Å². The van der Waals surface area contributed by atoms with Crippen LogP contribution in [0.15, 0.2) is 6.07 Å². The lowest BCUT2D eigenvalue weighted by atomic mass is 9.79. The van der Waals surface area contributed by atoms with E-state index in [0.29, 0.717) is 18.4 Å². The number of hydrogen-bond donors (Lipinski definition) is 2. The Balaban J connectivity index is 2.03. The van der Waals surface area contributed by atoms with Crippen LogP contribution in [0.2, 0.25) is 0 Å². The van der Waals surface area contributed by atoms with E-state index in [4.69, 9.17) is 0 Å². The van der Waals surface area contributed by atoms with Gasteiger partial charge in [-0.2, -0.15) is 0 Å². The molecule has 2 N–H and O–H groups in total. The lowest BCUT2D eigenvalue weighted by Gasteiger charge is -2.28. The van der Waals surface area contributed by atoms with Gasteiger partial charge in [-0.3, -0.25) is 4.79 Å². The molecular formula is C16H25N3O2. The third-order valence-corrected chi connectivity index (χ3v) is 4.21. The normalized spacial score (nSPS) is 22.3. The number of carboxylic acid groups (broad SMARTS) is 1. The molecule has 5 nitrogen and oxygen atoms in total. The van der Waals surface area contributed by atoms with Crippen LogP contribution in [-0.4, -0.2) is 27.6 Å². The Morgan fingerprint density at radius 2 is 2.10 bits per heavy atom. The molecule has 0 aromatic carbocycles. The van der Waals surface area contributed by atoms with Gasteiger partial charge in [-0.25, -0.2) is 9.97 Å². The molecule has 0 bridgehead atoms. The second-order valence-corrected chi connectivity index (χ2v) is 6.28. The molecule has 5 heteroatoms. The fourth-order valence-electron chi connectivity index (χ4n) is 2.97. The molecule has 2 atom stereocenters. The standard InChI is InChI=1S/C16H25N3O2/c1-10(2)14-8-11(3)18-16(19-14)17-9-12-6-4-5-7-13(12)15(20)21/h8,10,12-13H,4-7,9H2,1-3H3,(H,20,21)(H,17,18,19). The Kier molecular flexibility index (Phi) is 5.15. The van der Waals surface area contributed by atoms with Crippen molar-refractivity contribution < 1.29 is 9.90 Å². The number of hydrogen-bond acceptors (Lipinski definition) is 4. The molecule has 1 aromatic rings. The minimum Gasteiger partial charge on any atom is -0.481 e. The summed E-state index contributed by atoms with van der Waals surface area (Å²) in [6.07, 6.45) is 3.88. The van der Waals surface area contributed by atoms with Gasteiger partial charge in [-0.1, -0.05) is 26.7 Å². The molecule has 0 amide bonds. The second kappa shape index (κ2) is 6.87. The average Bonchev–Trinajstić information content (AvgIpc) is 2.44. The Labute approximate surface area is 126 Å². The molecule has 1 aliphatic rings. The van der Waals surface area contributed by atoms with Crippen LogP contribution in [0.5, 0.6) is 0 Å². The first-order valence-electron chi connectivity index (χ1n) is 7.79. The first kappa shape index (κ1) is 15.7. The molecule has 116 valence electrons. The molecule has 2 unspecified atom stereocenters. The van der Waals surface area contributed by atoms with Crippen molar-refractivity contribution in [2.24, 2.45) is 11.8 Å². The van der Waals surface area contributed by atoms with Crippen molar-refractivity contribution in [1.29, 1.82) is 0 Å². The molecule has 1 aliphatic carbocycles. The highest BCUT2D eigenvalue weighted by molar-refractivity contribution is 5.70. The molecule has 1 aromatic heterocycles. The number of aromatic nitrogens is 2. The number of carbonyl (C=O) groups is 1. The van der Waals surface area contributed by atoms with Crippen molar-refractivity contribution in [3.8, 4) is 0 Å². The number of aryl methyl sites for hydroxylation is 1. The van der Waals surface area contributed by atoms with Gasteiger partial charge in [0.25, 0.3) is 0 Å². The average molecular weight is 291 g/mol. The first-order chi connectivity index (χ1) is 9.97. The molecule has 2 rings (SSSR count). The first-order valence-corrected chi connectivity index (χ1v) is 7.79. The molecule has 1 saturated carbocycles. The highest BCUT2D eigenvalue weighted by Crippen LogP contribution is 2.30. The van der Waals surface area contributed by atoms with Crippen LogP contribution in [0.1, 0.15) is 56.8 Å². The summed E-state index contributed by atoms with van der Waals surface area (Å²) in [4.78, 5) is 20.2. The maximum Gasteiger partial charge on any atom is 0.306 e. The van der Waals surface area contributed by atoms with E-state index in [-0.39, 0.29) is 11.8 Å². The van der Waals surface area contributed by atoms with Crippen molar-refractivity contribution in [2.45, 2.75) is 52.4 Å². The summed E-state index contributed by atoms with van der Waals surface area (Å²) in [7, 11) is 0. The molecule has 21 heavy (non-hydrogen) atoms. The fourth-order valence-corrected chi connectivity index (χ4v) is 2.97. The van der Waals surface area contributed by atoms with Gasteiger partial charge in [0.15, 0.2) is 0 Å². The quantitative estimate of drug-likeness (QED) is 0.871. The summed E-state index contributed by atoms with van der Waals surface area (Å²) < 4.78 is 0. The van der Waals surface area contributed by atoms with E-state index >= 15 is 0 Å². The van der Waals surface area contributed by atoms with Gasteiger partial charge in [-0.05, 0) is 37.7 Å². The van der Waals surface area contributed by atoms with E-state index in [0.717, 1.165) is 37.1 Å². The molecule has 0 saturated heterocycles. The van der Waals surface area contributed by atoms with Crippen LogP contribution in [-0.2, 0) is 4.79 Å². The van der Waals surface area contributed by atoms with E-state index < -0.39 is 5.97 Å². The largest absolute Gasteiger partial charge is 0.481 e. The maximum atomic E-state index is 11.3. The molecule has 0 radical (unpaired) electrons. The van der Waals surface area contributed by atoms with E-state index in [2.05, 4.69) is 29.1 Å². The van der Waals surface area contributed by atoms with Gasteiger partial charge in [-0.15, -0.1) is 0 Å². The molecular weight excluding hydrogens is 266 g/mol. The summed E-state index contributed by atoms with van der Waals surface area (Å²) in [5, 5.41) is 12.6. The van der Waals surface area contributed by atoms with E-state index in [1.165, 1.54) is 0 Å². The zero-order valence-electron chi connectivity index (χ0n) is 13.1. The fraction of sp³-hybridized carbons (Fsp3) is 0.688. The molecule has 1 heterocycles. The third kappa shape index (κ3) is 4.16. The third-order valence-electron chi connectivity index (χ3n) is 4.21. The molecule has 0 aliphatic heterocycles. The Bertz CT molecular complexity index is 502. The van der Waals surface area contributed by atoms with Crippen molar-refractivity contribution in [2.75, 3.05) is 11.9 Å². The number of nitrogens with zero attached hydrogens (tertiary/aromatic N) is 2. The van der Waals surface area contributed by atoms with Crippen LogP contribution < -0.4 is 5.32 Å². The summed E-state index contributed by atoms with van der Waals surface area (Å²) in [6.45, 7) is 6.80. The Morgan fingerprint density at radius 1 is 1.38 bits per heavy atom. The van der Waals surface area contributed by atoms with Gasteiger partial charge in [0.05, 0.1) is 5.92 Å². The maximum absolute atomic E-state index is 11.3. The monoisotopic (exact) mass is 291 g/mol. The summed E-state index contributed by atoms with van der Waals surface area (Å²) in [6, 6.07) is 2.00. The Morgan fingerprint density at radius 3 is 2.76 bits per heavy atom. The topological polar surface area (TPSA) is 75.1 Å². The summed E-state index contributed by atoms with van der Waals surface area (Å²) >= 11 is 0. The zero-order valence-corrected chi connectivity index (χ0v) is 13.1. The van der Waals surface area contributed by atoms with Gasteiger partial charge in [0, 0.05) is 17.9 Å². The second-order valence-electron chi connectivity index (χ2n) is 6.28. The summed E-state index contributed by atoms with van der Waals surface area (Å²) in [5.74, 6) is 0.236. The number of aliphatic carboxylic acids is 1. The smallest absolute Gasteiger partial charge is 0.306 e. The SMILES string of the molecule is Cc1cc(C(C)C)nc(NCC2CCCCC2C(=O)O)n1. The minimum absolute atomic E-state index is 0.169. The lowest BCUT2D eigenvalue weighted by molar-refractivity contribution is -0.144. The number of carboxylic acids is 1. The summed E-state index contributed by atoms with van der Waals surface area (Å²) in [5.41, 5.74) is 1.96. The van der Waals surface area contributed by atoms with E-state index in [1.807, 2.05) is 13.0 Å². The van der Waals surface area contributed by atoms with Gasteiger partial charge < -0.3 is 10.4 Å². The van der Waals surface area contributed by atoms with Gasteiger partial charge in [0.2, 0.25) is 5.95 Å². The van der Waals surface area contributed by atoms with Crippen LogP contribution in [0.4, 0.5) is 5.95 Å². The highest BCUT2D eigenvalue weighted by atomic mass is 16.4. The number of anilines is 1. The molecule has 1 fully saturated rings. The Hall–Kier alpha value is -1.65. The number of nitrogens with one attached hydrogen (secondary N) is 1. The lowest BCUT2D eigenvalue weighted by Crippen LogP contribution is -2.32. The highest BCUT2D eigenvalue weighted by Gasteiger charge is 2.30. The van der Waals surface area contributed by atoms with Gasteiger partial charge >= 0.3 is 5.97 Å². The molecule has 0 spiro atoms. The van der Waals surface area contributed by atoms with Crippen LogP contribution in [0, 0.1) is 18.8 Å². The predicted molar refractivity (Wildman–Crippen MR) is 82.4 cm³/mol. The van der Waals surface area contributed by atoms with E-state index in [9.17, 15) is 9.90 Å². The predicted octanol–water partition coefficient (Wildman–Crippen LogP) is 3.21. The zero-order chi connectivity index (χ0) is 15.4. The van der Waals surface area contributed by atoms with Crippen LogP contribution in [0.25, 0.3) is 0 Å². The van der Waals surface area contributed by atoms with Crippen LogP contribution in [0.3, 0.4) is 0 Å². The minimum atomic E-state index is -0.672. The van der Waals surface area contributed by atoms with Crippen molar-refractivity contribution in [1.82, 2.24) is 9.97 Å².